The Hall–Kier alpha value is -2.87. The largest absolute Gasteiger partial charge is 0.462 e. The highest BCUT2D eigenvalue weighted by Gasteiger charge is 2.37. The zero-order valence-electron chi connectivity index (χ0n) is 14.1. The zero-order chi connectivity index (χ0) is 18.8. The number of carbonyl (C=O) groups is 3. The fraction of sp³-hybridized carbons (Fsp3) is 0.222. The van der Waals surface area contributed by atoms with Crippen LogP contribution in [0.3, 0.4) is 0 Å². The van der Waals surface area contributed by atoms with Crippen LogP contribution in [0, 0.1) is 0 Å². The summed E-state index contributed by atoms with van der Waals surface area (Å²) in [6.07, 6.45) is 0.956. The van der Waals surface area contributed by atoms with E-state index >= 15 is 0 Å². The van der Waals surface area contributed by atoms with Gasteiger partial charge < -0.3 is 9.15 Å². The van der Waals surface area contributed by atoms with Gasteiger partial charge in [0.05, 0.1) is 16.6 Å². The highest BCUT2D eigenvalue weighted by atomic mass is 32.2. The Morgan fingerprint density at radius 3 is 2.73 bits per heavy atom. The van der Waals surface area contributed by atoms with Crippen LogP contribution in [-0.4, -0.2) is 34.7 Å². The number of rotatable bonds is 4. The summed E-state index contributed by atoms with van der Waals surface area (Å²) >= 11 is 0.662. The van der Waals surface area contributed by atoms with Crippen LogP contribution in [0.25, 0.3) is 17.0 Å². The lowest BCUT2D eigenvalue weighted by atomic mass is 10.2. The molecule has 1 aromatic heterocycles. The van der Waals surface area contributed by atoms with E-state index in [1.54, 1.807) is 44.2 Å². The minimum atomic E-state index is -0.672. The van der Waals surface area contributed by atoms with Gasteiger partial charge in [0.2, 0.25) is 0 Å². The summed E-state index contributed by atoms with van der Waals surface area (Å²) in [5.41, 5.74) is -0.0344. The van der Waals surface area contributed by atoms with E-state index in [0.29, 0.717) is 22.7 Å². The summed E-state index contributed by atoms with van der Waals surface area (Å²) in [6.45, 7) is 2.88. The maximum Gasteiger partial charge on any atom is 0.343 e. The summed E-state index contributed by atoms with van der Waals surface area (Å²) in [5, 5.41) is 0.102. The third-order valence-electron chi connectivity index (χ3n) is 3.48. The average Bonchev–Trinajstić information content (AvgIpc) is 2.82. The second-order valence-corrected chi connectivity index (χ2v) is 6.83. The van der Waals surface area contributed by atoms with Crippen LogP contribution in [-0.2, 0) is 14.3 Å². The second-order valence-electron chi connectivity index (χ2n) is 5.83. The molecule has 0 unspecified atom stereocenters. The van der Waals surface area contributed by atoms with Gasteiger partial charge in [0.25, 0.3) is 11.1 Å². The predicted molar refractivity (Wildman–Crippen MR) is 96.4 cm³/mol. The second kappa shape index (κ2) is 7.17. The van der Waals surface area contributed by atoms with Crippen molar-refractivity contribution < 1.29 is 23.5 Å². The minimum absolute atomic E-state index is 0.0509. The van der Waals surface area contributed by atoms with Crippen molar-refractivity contribution in [3.63, 3.8) is 0 Å². The summed E-state index contributed by atoms with van der Waals surface area (Å²) in [4.78, 5) is 49.0. The number of hydrogen-bond acceptors (Lipinski definition) is 7. The molecule has 8 heteroatoms. The standard InChI is InChI=1S/C18H15NO6S/c1-10(2)24-15(20)9-19-16(21)14(26-18(19)23)8-12-7-11-5-3-4-6-13(11)25-17(12)22/h3-8,10H,9H2,1-2H3/b14-8+. The van der Waals surface area contributed by atoms with Crippen LogP contribution >= 0.6 is 11.8 Å². The molecule has 0 aliphatic carbocycles. The highest BCUT2D eigenvalue weighted by Crippen LogP contribution is 2.32. The van der Waals surface area contributed by atoms with Gasteiger partial charge in [-0.15, -0.1) is 0 Å². The Bertz CT molecular complexity index is 991. The number of fused-ring (bicyclic) bond motifs is 1. The molecule has 26 heavy (non-hydrogen) atoms. The Labute approximate surface area is 152 Å². The number of amides is 2. The summed E-state index contributed by atoms with van der Waals surface area (Å²) < 4.78 is 10.2. The van der Waals surface area contributed by atoms with Gasteiger partial charge in [-0.05, 0) is 43.8 Å². The summed E-state index contributed by atoms with van der Waals surface area (Å²) in [7, 11) is 0. The monoisotopic (exact) mass is 373 g/mol. The van der Waals surface area contributed by atoms with E-state index in [4.69, 9.17) is 9.15 Å². The Morgan fingerprint density at radius 2 is 2.00 bits per heavy atom. The first-order chi connectivity index (χ1) is 12.3. The lowest BCUT2D eigenvalue weighted by Crippen LogP contribution is -2.35. The maximum atomic E-state index is 12.4. The van der Waals surface area contributed by atoms with Gasteiger partial charge in [-0.3, -0.25) is 19.3 Å². The first-order valence-corrected chi connectivity index (χ1v) is 8.64. The molecule has 7 nitrogen and oxygen atoms in total. The molecule has 0 atom stereocenters. The molecule has 2 aromatic rings. The number of thioether (sulfide) groups is 1. The normalized spacial score (nSPS) is 16.1. The highest BCUT2D eigenvalue weighted by molar-refractivity contribution is 8.18. The van der Waals surface area contributed by atoms with Crippen LogP contribution < -0.4 is 5.63 Å². The van der Waals surface area contributed by atoms with E-state index in [1.165, 1.54) is 6.08 Å². The van der Waals surface area contributed by atoms with Crippen LogP contribution in [0.15, 0.2) is 44.4 Å². The molecule has 134 valence electrons. The van der Waals surface area contributed by atoms with Crippen molar-refractivity contribution in [1.82, 2.24) is 4.90 Å². The predicted octanol–water partition coefficient (Wildman–Crippen LogP) is 2.78. The van der Waals surface area contributed by atoms with Crippen LogP contribution in [0.1, 0.15) is 19.4 Å². The molecular formula is C18H15NO6S. The van der Waals surface area contributed by atoms with Gasteiger partial charge in [-0.2, -0.15) is 0 Å². The van der Waals surface area contributed by atoms with Crippen molar-refractivity contribution in [2.24, 2.45) is 0 Å². The molecule has 1 aliphatic rings. The molecule has 0 radical (unpaired) electrons. The first-order valence-electron chi connectivity index (χ1n) is 7.83. The van der Waals surface area contributed by atoms with Crippen LogP contribution in [0.2, 0.25) is 0 Å². The number of ether oxygens (including phenoxy) is 1. The number of para-hydroxylation sites is 1. The van der Waals surface area contributed by atoms with Gasteiger partial charge >= 0.3 is 11.6 Å². The van der Waals surface area contributed by atoms with E-state index in [-0.39, 0.29) is 16.6 Å². The van der Waals surface area contributed by atoms with Crippen molar-refractivity contribution in [3.05, 3.63) is 51.2 Å². The van der Waals surface area contributed by atoms with Crippen molar-refractivity contribution in [1.29, 1.82) is 0 Å². The molecule has 2 heterocycles. The smallest absolute Gasteiger partial charge is 0.343 e. The lowest BCUT2D eigenvalue weighted by Gasteiger charge is -2.13. The van der Waals surface area contributed by atoms with E-state index < -0.39 is 29.3 Å². The quantitative estimate of drug-likeness (QED) is 0.462. The Balaban J connectivity index is 1.87. The molecular weight excluding hydrogens is 358 g/mol. The topological polar surface area (TPSA) is 93.9 Å². The fourth-order valence-electron chi connectivity index (χ4n) is 2.39. The number of benzene rings is 1. The van der Waals surface area contributed by atoms with Crippen molar-refractivity contribution >= 4 is 45.9 Å². The number of hydrogen-bond donors (Lipinski definition) is 0. The molecule has 0 bridgehead atoms. The van der Waals surface area contributed by atoms with E-state index in [1.807, 2.05) is 0 Å². The fourth-order valence-corrected chi connectivity index (χ4v) is 3.21. The Morgan fingerprint density at radius 1 is 1.27 bits per heavy atom. The van der Waals surface area contributed by atoms with Gasteiger partial charge in [0.15, 0.2) is 0 Å². The Kier molecular flexibility index (Phi) is 4.94. The number of esters is 1. The third-order valence-corrected chi connectivity index (χ3v) is 4.39. The lowest BCUT2D eigenvalue weighted by molar-refractivity contribution is -0.149. The van der Waals surface area contributed by atoms with Gasteiger partial charge in [0.1, 0.15) is 12.1 Å². The SMILES string of the molecule is CC(C)OC(=O)CN1C(=O)S/C(=C/c2cc3ccccc3oc2=O)C1=O. The summed E-state index contributed by atoms with van der Waals surface area (Å²) in [5.74, 6) is -1.32. The zero-order valence-corrected chi connectivity index (χ0v) is 14.9. The first kappa shape index (κ1) is 17.9. The van der Waals surface area contributed by atoms with E-state index in [0.717, 1.165) is 4.90 Å². The molecule has 0 N–H and O–H groups in total. The van der Waals surface area contributed by atoms with Gasteiger partial charge in [-0.1, -0.05) is 18.2 Å². The van der Waals surface area contributed by atoms with Crippen LogP contribution in [0.5, 0.6) is 0 Å². The molecule has 2 amide bonds. The van der Waals surface area contributed by atoms with Crippen molar-refractivity contribution in [2.75, 3.05) is 6.54 Å². The van der Waals surface area contributed by atoms with Crippen LogP contribution in [0.4, 0.5) is 4.79 Å². The summed E-state index contributed by atoms with van der Waals surface area (Å²) in [6, 6.07) is 8.55. The van der Waals surface area contributed by atoms with E-state index in [2.05, 4.69) is 0 Å². The number of nitrogens with zero attached hydrogens (tertiary/aromatic N) is 1. The van der Waals surface area contributed by atoms with Gasteiger partial charge in [-0.25, -0.2) is 4.79 Å². The number of imide groups is 1. The minimum Gasteiger partial charge on any atom is -0.462 e. The molecule has 0 spiro atoms. The van der Waals surface area contributed by atoms with E-state index in [9.17, 15) is 19.2 Å². The number of carbonyl (C=O) groups excluding carboxylic acids is 3. The average molecular weight is 373 g/mol. The molecule has 1 saturated heterocycles. The molecule has 1 aromatic carbocycles. The van der Waals surface area contributed by atoms with Gasteiger partial charge in [0, 0.05) is 5.39 Å². The maximum absolute atomic E-state index is 12.4. The third kappa shape index (κ3) is 3.70. The molecule has 1 aliphatic heterocycles. The molecule has 3 rings (SSSR count). The van der Waals surface area contributed by atoms with Crippen molar-refractivity contribution in [3.8, 4) is 0 Å². The van der Waals surface area contributed by atoms with Crippen molar-refractivity contribution in [2.45, 2.75) is 20.0 Å². The molecule has 1 fully saturated rings. The molecule has 0 saturated carbocycles.